The highest BCUT2D eigenvalue weighted by Crippen LogP contribution is 2.18. The molecule has 3 heteroatoms. The van der Waals surface area contributed by atoms with Crippen molar-refractivity contribution in [2.75, 3.05) is 13.2 Å². The van der Waals surface area contributed by atoms with Crippen LogP contribution in [0.25, 0.3) is 0 Å². The summed E-state index contributed by atoms with van der Waals surface area (Å²) in [6, 6.07) is 0. The minimum atomic E-state index is -0.108. The van der Waals surface area contributed by atoms with Gasteiger partial charge in [0.1, 0.15) is 0 Å². The summed E-state index contributed by atoms with van der Waals surface area (Å²) in [7, 11) is 0. The quantitative estimate of drug-likeness (QED) is 0.157. The van der Waals surface area contributed by atoms with Crippen LogP contribution in [-0.2, 0) is 9.47 Å². The van der Waals surface area contributed by atoms with E-state index >= 15 is 0 Å². The van der Waals surface area contributed by atoms with E-state index in [0.29, 0.717) is 0 Å². The fraction of sp³-hybridized carbons (Fsp3) is 1.00. The van der Waals surface area contributed by atoms with Crippen LogP contribution in [0.15, 0.2) is 0 Å². The zero-order chi connectivity index (χ0) is 22.3. The zero-order valence-electron chi connectivity index (χ0n) is 21.1. The van der Waals surface area contributed by atoms with E-state index in [-0.39, 0.29) is 24.9 Å². The zero-order valence-corrected chi connectivity index (χ0v) is 21.1. The summed E-state index contributed by atoms with van der Waals surface area (Å²) >= 11 is 0. The highest BCUT2D eigenvalue weighted by molar-refractivity contribution is 4.69. The lowest BCUT2D eigenvalue weighted by Crippen LogP contribution is -2.33. The van der Waals surface area contributed by atoms with Gasteiger partial charge in [-0.2, -0.15) is 0 Å². The minimum Gasteiger partial charge on any atom is -0.394 e. The molecule has 3 unspecified atom stereocenters. The Balaban J connectivity index is 3.76. The van der Waals surface area contributed by atoms with Crippen LogP contribution in [0.1, 0.15) is 143 Å². The lowest BCUT2D eigenvalue weighted by atomic mass is 10.0. The van der Waals surface area contributed by atoms with Crippen LogP contribution in [0.4, 0.5) is 0 Å². The van der Waals surface area contributed by atoms with Crippen molar-refractivity contribution >= 4 is 0 Å². The maximum Gasteiger partial charge on any atom is 0.0838 e. The molecular weight excluding hydrogens is 372 g/mol. The first-order valence-corrected chi connectivity index (χ1v) is 13.5. The first-order valence-electron chi connectivity index (χ1n) is 13.5. The van der Waals surface area contributed by atoms with Gasteiger partial charge in [-0.1, -0.05) is 117 Å². The second-order valence-electron chi connectivity index (χ2n) is 9.34. The topological polar surface area (TPSA) is 38.7 Å². The summed E-state index contributed by atoms with van der Waals surface area (Å²) in [5.74, 6) is 0. The van der Waals surface area contributed by atoms with Gasteiger partial charge >= 0.3 is 0 Å². The molecule has 0 aliphatic rings. The standard InChI is InChI=1S/C27H56O3/c1-5-7-9-11-12-13-14-15-16-17-18-19-20-22-27(30-25(3)24-28)26(4)29-23-21-10-8-6-2/h25-28H,5-24H2,1-4H3. The third-order valence-corrected chi connectivity index (χ3v) is 6.16. The molecule has 0 saturated heterocycles. The van der Waals surface area contributed by atoms with Crippen molar-refractivity contribution in [3.05, 3.63) is 0 Å². The molecule has 0 aromatic rings. The average molecular weight is 429 g/mol. The second kappa shape index (κ2) is 23.5. The normalized spacial score (nSPS) is 14.7. The molecule has 182 valence electrons. The van der Waals surface area contributed by atoms with Crippen molar-refractivity contribution in [2.24, 2.45) is 0 Å². The highest BCUT2D eigenvalue weighted by atomic mass is 16.5. The summed E-state index contributed by atoms with van der Waals surface area (Å²) in [5.41, 5.74) is 0. The first-order chi connectivity index (χ1) is 14.7. The third-order valence-electron chi connectivity index (χ3n) is 6.16. The van der Waals surface area contributed by atoms with Gasteiger partial charge in [-0.25, -0.2) is 0 Å². The molecule has 0 amide bonds. The molecule has 1 N–H and O–H groups in total. The summed E-state index contributed by atoms with van der Waals surface area (Å²) in [5, 5.41) is 9.36. The van der Waals surface area contributed by atoms with E-state index in [1.165, 1.54) is 103 Å². The first kappa shape index (κ1) is 29.9. The Labute approximate surface area is 189 Å². The smallest absolute Gasteiger partial charge is 0.0838 e. The van der Waals surface area contributed by atoms with Gasteiger partial charge in [-0.05, 0) is 26.7 Å². The summed E-state index contributed by atoms with van der Waals surface area (Å²) < 4.78 is 12.1. The van der Waals surface area contributed by atoms with Crippen LogP contribution in [0.5, 0.6) is 0 Å². The largest absolute Gasteiger partial charge is 0.394 e. The van der Waals surface area contributed by atoms with E-state index < -0.39 is 0 Å². The molecule has 0 fully saturated rings. The Morgan fingerprint density at radius 2 is 1.03 bits per heavy atom. The van der Waals surface area contributed by atoms with Crippen molar-refractivity contribution in [1.29, 1.82) is 0 Å². The van der Waals surface area contributed by atoms with Crippen LogP contribution < -0.4 is 0 Å². The van der Waals surface area contributed by atoms with E-state index in [0.717, 1.165) is 19.4 Å². The predicted molar refractivity (Wildman–Crippen MR) is 131 cm³/mol. The van der Waals surface area contributed by atoms with E-state index in [1.807, 2.05) is 6.92 Å². The van der Waals surface area contributed by atoms with E-state index in [4.69, 9.17) is 9.47 Å². The van der Waals surface area contributed by atoms with Crippen LogP contribution in [0.3, 0.4) is 0 Å². The second-order valence-corrected chi connectivity index (χ2v) is 9.34. The molecule has 30 heavy (non-hydrogen) atoms. The summed E-state index contributed by atoms with van der Waals surface area (Å²) in [4.78, 5) is 0. The number of aliphatic hydroxyl groups excluding tert-OH is 1. The van der Waals surface area contributed by atoms with Crippen molar-refractivity contribution < 1.29 is 14.6 Å². The molecular formula is C27H56O3. The molecule has 0 saturated carbocycles. The van der Waals surface area contributed by atoms with Gasteiger partial charge in [0.25, 0.3) is 0 Å². The van der Waals surface area contributed by atoms with Crippen LogP contribution >= 0.6 is 0 Å². The van der Waals surface area contributed by atoms with E-state index in [2.05, 4.69) is 20.8 Å². The van der Waals surface area contributed by atoms with Crippen molar-refractivity contribution in [3.63, 3.8) is 0 Å². The monoisotopic (exact) mass is 428 g/mol. The molecule has 0 aromatic carbocycles. The van der Waals surface area contributed by atoms with Gasteiger partial charge < -0.3 is 14.6 Å². The van der Waals surface area contributed by atoms with Crippen molar-refractivity contribution in [1.82, 2.24) is 0 Å². The van der Waals surface area contributed by atoms with Crippen LogP contribution in [0.2, 0.25) is 0 Å². The SMILES string of the molecule is CCCCCCCCCCCCCCCC(OC(C)CO)C(C)OCCCCCC. The molecule has 0 heterocycles. The Kier molecular flexibility index (Phi) is 23.4. The summed E-state index contributed by atoms with van der Waals surface area (Å²) in [6.45, 7) is 9.51. The molecule has 0 aliphatic heterocycles. The van der Waals surface area contributed by atoms with Gasteiger partial charge in [0.05, 0.1) is 24.9 Å². The average Bonchev–Trinajstić information content (AvgIpc) is 2.75. The molecule has 0 rings (SSSR count). The number of rotatable bonds is 24. The lowest BCUT2D eigenvalue weighted by molar-refractivity contribution is -0.105. The molecule has 0 radical (unpaired) electrons. The van der Waals surface area contributed by atoms with Crippen LogP contribution in [0, 0.1) is 0 Å². The fourth-order valence-electron chi connectivity index (χ4n) is 4.02. The van der Waals surface area contributed by atoms with Crippen molar-refractivity contribution in [3.8, 4) is 0 Å². The fourth-order valence-corrected chi connectivity index (χ4v) is 4.02. The Morgan fingerprint density at radius 1 is 0.600 bits per heavy atom. The van der Waals surface area contributed by atoms with Gasteiger partial charge in [0, 0.05) is 6.61 Å². The van der Waals surface area contributed by atoms with Gasteiger partial charge in [-0.15, -0.1) is 0 Å². The molecule has 0 bridgehead atoms. The van der Waals surface area contributed by atoms with Crippen LogP contribution in [-0.4, -0.2) is 36.6 Å². The Hall–Kier alpha value is -0.120. The highest BCUT2D eigenvalue weighted by Gasteiger charge is 2.20. The predicted octanol–water partition coefficient (Wildman–Crippen LogP) is 8.22. The molecule has 0 spiro atoms. The Bertz CT molecular complexity index is 321. The molecule has 3 atom stereocenters. The number of ether oxygens (including phenoxy) is 2. The Morgan fingerprint density at radius 3 is 1.50 bits per heavy atom. The lowest BCUT2D eigenvalue weighted by Gasteiger charge is -2.27. The number of hydrogen-bond acceptors (Lipinski definition) is 3. The van der Waals surface area contributed by atoms with Gasteiger partial charge in [-0.3, -0.25) is 0 Å². The number of unbranched alkanes of at least 4 members (excludes halogenated alkanes) is 15. The number of hydrogen-bond donors (Lipinski definition) is 1. The number of aliphatic hydroxyl groups is 1. The molecule has 0 aromatic heterocycles. The maximum absolute atomic E-state index is 9.36. The van der Waals surface area contributed by atoms with E-state index in [9.17, 15) is 5.11 Å². The van der Waals surface area contributed by atoms with E-state index in [1.54, 1.807) is 0 Å². The molecule has 0 aliphatic carbocycles. The third kappa shape index (κ3) is 19.8. The maximum atomic E-state index is 9.36. The van der Waals surface area contributed by atoms with Gasteiger partial charge in [0.2, 0.25) is 0 Å². The van der Waals surface area contributed by atoms with Gasteiger partial charge in [0.15, 0.2) is 0 Å². The summed E-state index contributed by atoms with van der Waals surface area (Å²) in [6.07, 6.45) is 24.0. The molecule has 3 nitrogen and oxygen atoms in total. The van der Waals surface area contributed by atoms with Crippen molar-refractivity contribution in [2.45, 2.75) is 162 Å². The minimum absolute atomic E-state index is 0.0817.